The van der Waals surface area contributed by atoms with Gasteiger partial charge in [0.15, 0.2) is 0 Å². The molecule has 3 aromatic carbocycles. The molecule has 0 N–H and O–H groups in total. The topological polar surface area (TPSA) is 64.7 Å². The Morgan fingerprint density at radius 2 is 1.62 bits per heavy atom. The van der Waals surface area contributed by atoms with Crippen LogP contribution in [0.4, 0.5) is 0 Å². The van der Waals surface area contributed by atoms with Crippen LogP contribution >= 0.6 is 0 Å². The Balaban J connectivity index is 0.000000258. The number of aryl methyl sites for hydroxylation is 5. The van der Waals surface area contributed by atoms with E-state index in [4.69, 9.17) is 25.0 Å². The molecule has 0 spiro atoms. The quantitative estimate of drug-likeness (QED) is 0.167. The molecule has 5 aromatic heterocycles. The van der Waals surface area contributed by atoms with E-state index in [2.05, 4.69) is 32.1 Å². The zero-order chi connectivity index (χ0) is 44.3. The fourth-order valence-electron chi connectivity index (χ4n) is 5.14. The van der Waals surface area contributed by atoms with Crippen LogP contribution in [-0.2, 0) is 20.1 Å². The van der Waals surface area contributed by atoms with Gasteiger partial charge in [-0.05, 0) is 90.9 Å². The Bertz CT molecular complexity index is 2840. The predicted molar refractivity (Wildman–Crippen MR) is 187 cm³/mol. The summed E-state index contributed by atoms with van der Waals surface area (Å²) in [6, 6.07) is 28.0. The van der Waals surface area contributed by atoms with E-state index in [0.29, 0.717) is 44.1 Å². The first-order valence-corrected chi connectivity index (χ1v) is 14.0. The first kappa shape index (κ1) is 18.3. The van der Waals surface area contributed by atoms with E-state index in [1.807, 2.05) is 0 Å². The molecule has 0 saturated heterocycles. The summed E-state index contributed by atoms with van der Waals surface area (Å²) in [4.78, 5) is 17.0. The second-order valence-electron chi connectivity index (χ2n) is 10.3. The van der Waals surface area contributed by atoms with Gasteiger partial charge in [0.2, 0.25) is 5.71 Å². The normalized spacial score (nSPS) is 17.0. The van der Waals surface area contributed by atoms with Gasteiger partial charge in [-0.2, -0.15) is 0 Å². The van der Waals surface area contributed by atoms with E-state index >= 15 is 0 Å². The Morgan fingerprint density at radius 3 is 2.40 bits per heavy atom. The number of fused-ring (bicyclic) bond motifs is 4. The van der Waals surface area contributed by atoms with Gasteiger partial charge in [-0.3, -0.25) is 4.98 Å². The minimum atomic E-state index is -2.60. The minimum Gasteiger partial charge on any atom is -0.486 e. The van der Waals surface area contributed by atoms with E-state index in [1.165, 1.54) is 42.7 Å². The average molecular weight is 804 g/mol. The van der Waals surface area contributed by atoms with Crippen molar-refractivity contribution in [3.8, 4) is 33.6 Å². The molecule has 0 aliphatic heterocycles. The van der Waals surface area contributed by atoms with Crippen molar-refractivity contribution in [3.63, 3.8) is 0 Å². The second-order valence-corrected chi connectivity index (χ2v) is 10.3. The van der Waals surface area contributed by atoms with Crippen molar-refractivity contribution in [3.05, 3.63) is 144 Å². The van der Waals surface area contributed by atoms with Gasteiger partial charge in [-0.15, -0.1) is 53.6 Å². The molecule has 0 atom stereocenters. The zero-order valence-electron chi connectivity index (χ0n) is 39.3. The molecule has 6 heteroatoms. The molecule has 8 aromatic rings. The number of furan rings is 1. The van der Waals surface area contributed by atoms with Crippen LogP contribution in [0.1, 0.15) is 48.5 Å². The number of benzene rings is 3. The Kier molecular flexibility index (Phi) is 5.22. The number of rotatable bonds is 3. The zero-order valence-corrected chi connectivity index (χ0v) is 26.7. The third-order valence-corrected chi connectivity index (χ3v) is 7.39. The molecule has 1 radical (unpaired) electrons. The molecule has 0 amide bonds. The maximum absolute atomic E-state index is 8.30. The van der Waals surface area contributed by atoms with Crippen LogP contribution in [-0.4, -0.2) is 19.9 Å². The van der Waals surface area contributed by atoms with Crippen LogP contribution in [0.2, 0.25) is 0 Å². The van der Waals surface area contributed by atoms with Crippen molar-refractivity contribution in [2.24, 2.45) is 0 Å². The molecule has 5 nitrogen and oxygen atoms in total. The molecule has 0 fully saturated rings. The summed E-state index contributed by atoms with van der Waals surface area (Å²) >= 11 is 0. The maximum Gasteiger partial charge on any atom is 0.216 e. The molecular formula is C41H32IrN4O-2. The maximum atomic E-state index is 8.30. The van der Waals surface area contributed by atoms with Crippen LogP contribution in [0.25, 0.3) is 66.6 Å². The van der Waals surface area contributed by atoms with Crippen molar-refractivity contribution in [2.75, 3.05) is 0 Å². The number of aromatic nitrogens is 4. The SMILES string of the molecule is [2H]C([2H])([2H])c1c[c-]c(-c2ccc(C([2H])([2H])[2H])cn2)cc1.[2H]C([2H])([2H])c1ccc2c(n1)oc1c(-c3cc(-c4ccc5ncccc5c4C([2H])([2H])[2H])c(C([2H])([2H])[2H])cn3)[c-]ccc12.[Ir]. The van der Waals surface area contributed by atoms with Gasteiger partial charge < -0.3 is 14.4 Å². The van der Waals surface area contributed by atoms with Gasteiger partial charge in [0.05, 0.1) is 11.1 Å². The van der Waals surface area contributed by atoms with Gasteiger partial charge in [0.25, 0.3) is 0 Å². The predicted octanol–water partition coefficient (Wildman–Crippen LogP) is 10.1. The molecule has 0 aliphatic rings. The molecular weight excluding hydrogens is 757 g/mol. The number of hydrogen-bond acceptors (Lipinski definition) is 5. The largest absolute Gasteiger partial charge is 0.486 e. The Hall–Kier alpha value is -5.03. The summed E-state index contributed by atoms with van der Waals surface area (Å²) in [7, 11) is 0. The number of hydrogen-bond donors (Lipinski definition) is 0. The molecule has 0 bridgehead atoms. The molecule has 233 valence electrons. The summed E-state index contributed by atoms with van der Waals surface area (Å²) in [6.45, 7) is -11.9. The van der Waals surface area contributed by atoms with E-state index in [9.17, 15) is 0 Å². The van der Waals surface area contributed by atoms with Gasteiger partial charge in [-0.25, -0.2) is 4.98 Å². The van der Waals surface area contributed by atoms with Gasteiger partial charge in [0.1, 0.15) is 0 Å². The molecule has 0 unspecified atom stereocenters. The Labute approximate surface area is 309 Å². The summed E-state index contributed by atoms with van der Waals surface area (Å²) in [5.41, 5.74) is 3.30. The summed E-state index contributed by atoms with van der Waals surface area (Å²) in [5, 5.41) is 1.62. The van der Waals surface area contributed by atoms with Crippen LogP contribution in [0.5, 0.6) is 0 Å². The fraction of sp³-hybridized carbons (Fsp3) is 0.122. The van der Waals surface area contributed by atoms with E-state index in [0.717, 1.165) is 0 Å². The van der Waals surface area contributed by atoms with Crippen molar-refractivity contribution < 1.29 is 45.1 Å². The van der Waals surface area contributed by atoms with Crippen LogP contribution in [0, 0.1) is 46.4 Å². The van der Waals surface area contributed by atoms with Crippen molar-refractivity contribution in [1.29, 1.82) is 0 Å². The number of nitrogens with zero attached hydrogens (tertiary/aromatic N) is 4. The molecule has 47 heavy (non-hydrogen) atoms. The van der Waals surface area contributed by atoms with Crippen molar-refractivity contribution >= 4 is 33.0 Å². The van der Waals surface area contributed by atoms with Crippen LogP contribution in [0.15, 0.2) is 108 Å². The summed E-state index contributed by atoms with van der Waals surface area (Å²) in [5.74, 6) is 0. The summed E-state index contributed by atoms with van der Waals surface area (Å²) in [6.07, 6.45) is 4.08. The van der Waals surface area contributed by atoms with Crippen molar-refractivity contribution in [2.45, 2.75) is 34.3 Å². The van der Waals surface area contributed by atoms with E-state index in [1.54, 1.807) is 60.8 Å². The molecule has 5 heterocycles. The third-order valence-electron chi connectivity index (χ3n) is 7.39. The number of pyridine rings is 4. The standard InChI is InChI=1S/C28H20N3O.C13H12N.Ir/c1-16-15-30-26(14-24(16)19-11-12-25-20(18(19)3)8-5-13-29-25)23-7-4-6-21-22-10-9-17(2)31-28(22)32-27(21)23;1-10-3-6-12(7-4-10)13-8-5-11(2)9-14-13;/h4-6,8-15H,1-3H3;3-6,8-9H,1-2H3;/q2*-1;/i1D3,2D3,3D3;1D3,2D3;. The average Bonchev–Trinajstić information content (AvgIpc) is 3.57. The van der Waals surface area contributed by atoms with E-state index < -0.39 is 34.3 Å². The van der Waals surface area contributed by atoms with Gasteiger partial charge in [-0.1, -0.05) is 48.1 Å². The van der Waals surface area contributed by atoms with E-state index in [-0.39, 0.29) is 70.6 Å². The second kappa shape index (κ2) is 13.4. The van der Waals surface area contributed by atoms with Crippen LogP contribution in [0.3, 0.4) is 0 Å². The van der Waals surface area contributed by atoms with Crippen LogP contribution < -0.4 is 0 Å². The summed E-state index contributed by atoms with van der Waals surface area (Å²) < 4.78 is 122. The molecule has 0 saturated carbocycles. The van der Waals surface area contributed by atoms with Crippen molar-refractivity contribution in [1.82, 2.24) is 19.9 Å². The first-order chi connectivity index (χ1) is 28.4. The Morgan fingerprint density at radius 1 is 0.702 bits per heavy atom. The van der Waals surface area contributed by atoms with Gasteiger partial charge in [0, 0.05) is 75.7 Å². The molecule has 0 aliphatic carbocycles. The fourth-order valence-corrected chi connectivity index (χ4v) is 5.14. The monoisotopic (exact) mass is 804 g/mol. The molecule has 8 rings (SSSR count). The first-order valence-electron chi connectivity index (χ1n) is 21.5. The smallest absolute Gasteiger partial charge is 0.216 e. The van der Waals surface area contributed by atoms with Gasteiger partial charge >= 0.3 is 0 Å². The third kappa shape index (κ3) is 6.35. The minimum absolute atomic E-state index is 0.